The highest BCUT2D eigenvalue weighted by atomic mass is 32.1. The van der Waals surface area contributed by atoms with Gasteiger partial charge < -0.3 is 15.7 Å². The van der Waals surface area contributed by atoms with Crippen molar-refractivity contribution in [3.8, 4) is 0 Å². The summed E-state index contributed by atoms with van der Waals surface area (Å²) in [5.74, 6) is -1.58. The molecule has 0 aliphatic carbocycles. The fourth-order valence-electron chi connectivity index (χ4n) is 2.36. The number of amides is 2. The first-order valence-electron chi connectivity index (χ1n) is 8.45. The van der Waals surface area contributed by atoms with Crippen LogP contribution in [0.2, 0.25) is 0 Å². The van der Waals surface area contributed by atoms with E-state index in [-0.39, 0.29) is 5.91 Å². The molecule has 2 aromatic rings. The number of carbonyl (C=O) groups is 3. The molecule has 0 bridgehead atoms. The van der Waals surface area contributed by atoms with E-state index in [9.17, 15) is 19.5 Å². The van der Waals surface area contributed by atoms with Gasteiger partial charge in [-0.15, -0.1) is 11.3 Å². The molecule has 1 unspecified atom stereocenters. The highest BCUT2D eigenvalue weighted by Crippen LogP contribution is 2.10. The van der Waals surface area contributed by atoms with Crippen molar-refractivity contribution in [2.45, 2.75) is 38.8 Å². The Bertz CT molecular complexity index is 741. The lowest BCUT2D eigenvalue weighted by atomic mass is 10.1. The van der Waals surface area contributed by atoms with Gasteiger partial charge in [0.25, 0.3) is 11.8 Å². The van der Waals surface area contributed by atoms with Crippen LogP contribution >= 0.6 is 11.3 Å². The molecule has 0 aliphatic rings. The number of thiophene rings is 1. The normalized spacial score (nSPS) is 11.6. The van der Waals surface area contributed by atoms with Crippen LogP contribution in [0.4, 0.5) is 0 Å². The highest BCUT2D eigenvalue weighted by molar-refractivity contribution is 7.12. The molecule has 138 valence electrons. The second kappa shape index (κ2) is 9.72. The predicted molar refractivity (Wildman–Crippen MR) is 100 cm³/mol. The molecule has 26 heavy (non-hydrogen) atoms. The number of carboxylic acid groups (broad SMARTS) is 1. The molecule has 0 spiro atoms. The van der Waals surface area contributed by atoms with Gasteiger partial charge >= 0.3 is 5.97 Å². The van der Waals surface area contributed by atoms with Crippen molar-refractivity contribution in [1.29, 1.82) is 0 Å². The zero-order valence-electron chi connectivity index (χ0n) is 14.5. The Kier molecular flexibility index (Phi) is 7.35. The minimum absolute atomic E-state index is 0.137. The van der Waals surface area contributed by atoms with Gasteiger partial charge in [0.1, 0.15) is 6.04 Å². The summed E-state index contributed by atoms with van der Waals surface area (Å²) in [4.78, 5) is 36.0. The van der Waals surface area contributed by atoms with E-state index >= 15 is 0 Å². The molecule has 2 amide bonds. The quantitative estimate of drug-likeness (QED) is 0.629. The van der Waals surface area contributed by atoms with Crippen LogP contribution < -0.4 is 10.6 Å². The van der Waals surface area contributed by atoms with E-state index < -0.39 is 17.9 Å². The predicted octanol–water partition coefficient (Wildman–Crippen LogP) is 3.05. The van der Waals surface area contributed by atoms with Crippen LogP contribution in [0.25, 0.3) is 0 Å². The summed E-state index contributed by atoms with van der Waals surface area (Å²) in [5.41, 5.74) is 1.24. The smallest absolute Gasteiger partial charge is 0.326 e. The zero-order chi connectivity index (χ0) is 18.9. The first kappa shape index (κ1) is 19.7. The van der Waals surface area contributed by atoms with Crippen molar-refractivity contribution in [2.75, 3.05) is 0 Å². The molecule has 0 saturated carbocycles. The van der Waals surface area contributed by atoms with Gasteiger partial charge in [0.15, 0.2) is 0 Å². The summed E-state index contributed by atoms with van der Waals surface area (Å²) in [6.07, 6.45) is 2.01. The van der Waals surface area contributed by atoms with Crippen LogP contribution in [-0.2, 0) is 11.3 Å². The fourth-order valence-corrected chi connectivity index (χ4v) is 3.00. The van der Waals surface area contributed by atoms with Gasteiger partial charge in [0.05, 0.1) is 4.88 Å². The number of hydrogen-bond donors (Lipinski definition) is 3. The molecule has 0 fully saturated rings. The van der Waals surface area contributed by atoms with Crippen LogP contribution in [0.15, 0.2) is 41.8 Å². The van der Waals surface area contributed by atoms with Crippen LogP contribution in [-0.4, -0.2) is 28.9 Å². The van der Waals surface area contributed by atoms with Crippen LogP contribution in [0.1, 0.15) is 51.8 Å². The van der Waals surface area contributed by atoms with E-state index in [1.165, 1.54) is 11.3 Å². The lowest BCUT2D eigenvalue weighted by Crippen LogP contribution is -2.40. The second-order valence-electron chi connectivity index (χ2n) is 5.86. The third kappa shape index (κ3) is 5.70. The molecule has 1 heterocycles. The third-order valence-electron chi connectivity index (χ3n) is 3.86. The minimum Gasteiger partial charge on any atom is -0.480 e. The number of carbonyl (C=O) groups excluding carboxylic acids is 2. The summed E-state index contributed by atoms with van der Waals surface area (Å²) in [6, 6.07) is 9.42. The van der Waals surface area contributed by atoms with Crippen molar-refractivity contribution in [2.24, 2.45) is 0 Å². The minimum atomic E-state index is -1.03. The number of aliphatic carboxylic acids is 1. The summed E-state index contributed by atoms with van der Waals surface area (Å²) >= 11 is 1.37. The van der Waals surface area contributed by atoms with E-state index in [2.05, 4.69) is 10.6 Å². The Labute approximate surface area is 156 Å². The van der Waals surface area contributed by atoms with E-state index in [0.717, 1.165) is 18.4 Å². The summed E-state index contributed by atoms with van der Waals surface area (Å²) in [6.45, 7) is 2.32. The summed E-state index contributed by atoms with van der Waals surface area (Å²) < 4.78 is 0. The molecule has 0 radical (unpaired) electrons. The van der Waals surface area contributed by atoms with Crippen LogP contribution in [0, 0.1) is 0 Å². The van der Waals surface area contributed by atoms with Crippen molar-refractivity contribution in [3.63, 3.8) is 0 Å². The van der Waals surface area contributed by atoms with Gasteiger partial charge in [0, 0.05) is 12.1 Å². The molecule has 6 nitrogen and oxygen atoms in total. The first-order valence-corrected chi connectivity index (χ1v) is 9.33. The fraction of sp³-hybridized carbons (Fsp3) is 0.316. The lowest BCUT2D eigenvalue weighted by molar-refractivity contribution is -0.139. The Morgan fingerprint density at radius 3 is 2.42 bits per heavy atom. The van der Waals surface area contributed by atoms with Gasteiger partial charge in [-0.25, -0.2) is 4.79 Å². The Morgan fingerprint density at radius 2 is 1.85 bits per heavy atom. The monoisotopic (exact) mass is 374 g/mol. The Morgan fingerprint density at radius 1 is 1.12 bits per heavy atom. The van der Waals surface area contributed by atoms with E-state index in [4.69, 9.17) is 0 Å². The van der Waals surface area contributed by atoms with Gasteiger partial charge in [0.2, 0.25) is 0 Å². The number of hydrogen-bond acceptors (Lipinski definition) is 4. The molecule has 7 heteroatoms. The van der Waals surface area contributed by atoms with Crippen molar-refractivity contribution in [1.82, 2.24) is 10.6 Å². The maximum Gasteiger partial charge on any atom is 0.326 e. The molecular formula is C19H22N2O4S. The number of benzene rings is 1. The van der Waals surface area contributed by atoms with E-state index in [0.29, 0.717) is 23.4 Å². The molecule has 1 aromatic carbocycles. The number of rotatable bonds is 9. The molecule has 3 N–H and O–H groups in total. The number of nitrogens with one attached hydrogen (secondary N) is 2. The van der Waals surface area contributed by atoms with Crippen LogP contribution in [0.3, 0.4) is 0 Å². The largest absolute Gasteiger partial charge is 0.480 e. The van der Waals surface area contributed by atoms with Gasteiger partial charge in [-0.1, -0.05) is 38.0 Å². The molecular weight excluding hydrogens is 352 g/mol. The van der Waals surface area contributed by atoms with E-state index in [1.54, 1.807) is 30.3 Å². The van der Waals surface area contributed by atoms with Gasteiger partial charge in [-0.3, -0.25) is 9.59 Å². The standard InChI is InChI=1S/C19H22N2O4S/c1-2-3-5-15(19(24)25)21-17(22)14-9-7-13(8-10-14)12-20-18(23)16-6-4-11-26-16/h4,6-11,15H,2-3,5,12H2,1H3,(H,20,23)(H,21,22)(H,24,25). The number of carboxylic acids is 1. The summed E-state index contributed by atoms with van der Waals surface area (Å²) in [5, 5.41) is 16.4. The van der Waals surface area contributed by atoms with Crippen LogP contribution in [0.5, 0.6) is 0 Å². The zero-order valence-corrected chi connectivity index (χ0v) is 15.3. The Balaban J connectivity index is 1.90. The third-order valence-corrected chi connectivity index (χ3v) is 4.73. The molecule has 1 aromatic heterocycles. The molecule has 2 rings (SSSR count). The second-order valence-corrected chi connectivity index (χ2v) is 6.81. The van der Waals surface area contributed by atoms with Gasteiger partial charge in [-0.2, -0.15) is 0 Å². The SMILES string of the molecule is CCCCC(NC(=O)c1ccc(CNC(=O)c2cccs2)cc1)C(=O)O. The van der Waals surface area contributed by atoms with E-state index in [1.807, 2.05) is 18.4 Å². The Hall–Kier alpha value is -2.67. The average Bonchev–Trinajstić information content (AvgIpc) is 3.18. The van der Waals surface area contributed by atoms with Crippen molar-refractivity contribution in [3.05, 3.63) is 57.8 Å². The lowest BCUT2D eigenvalue weighted by Gasteiger charge is -2.14. The average molecular weight is 374 g/mol. The highest BCUT2D eigenvalue weighted by Gasteiger charge is 2.19. The van der Waals surface area contributed by atoms with Crippen molar-refractivity contribution < 1.29 is 19.5 Å². The molecule has 0 aliphatic heterocycles. The maximum absolute atomic E-state index is 12.2. The molecule has 1 atom stereocenters. The summed E-state index contributed by atoms with van der Waals surface area (Å²) in [7, 11) is 0. The number of unbranched alkanes of at least 4 members (excludes halogenated alkanes) is 1. The van der Waals surface area contributed by atoms with Gasteiger partial charge in [-0.05, 0) is 35.6 Å². The maximum atomic E-state index is 12.2. The first-order chi connectivity index (χ1) is 12.5. The molecule has 0 saturated heterocycles. The topological polar surface area (TPSA) is 95.5 Å². The van der Waals surface area contributed by atoms with Crippen molar-refractivity contribution >= 4 is 29.1 Å².